The number of Topliss-reactive ketones (excluding diaryl/α,β-unsaturated/α-hetero) is 1. The van der Waals surface area contributed by atoms with Gasteiger partial charge in [-0.15, -0.1) is 0 Å². The van der Waals surface area contributed by atoms with Gasteiger partial charge in [0.25, 0.3) is 0 Å². The number of benzene rings is 2. The molecule has 3 heteroatoms. The van der Waals surface area contributed by atoms with E-state index in [1.54, 1.807) is 11.3 Å². The Bertz CT molecular complexity index is 789. The number of hydrogen-bond acceptors (Lipinski definition) is 2. The summed E-state index contributed by atoms with van der Waals surface area (Å²) in [6, 6.07) is 14.0. The first-order valence-corrected chi connectivity index (χ1v) is 7.49. The number of aryl methyl sites for hydroxylation is 1. The van der Waals surface area contributed by atoms with Gasteiger partial charge in [-0.25, -0.2) is 0 Å². The molecule has 3 rings (SSSR count). The summed E-state index contributed by atoms with van der Waals surface area (Å²) >= 11 is 1.68. The average molecular weight is 282 g/mol. The van der Waals surface area contributed by atoms with Crippen LogP contribution >= 0.6 is 11.3 Å². The van der Waals surface area contributed by atoms with Crippen molar-refractivity contribution in [3.63, 3.8) is 0 Å². The van der Waals surface area contributed by atoms with Crippen LogP contribution in [0.3, 0.4) is 0 Å². The standard InChI is InChI=1S/C17H16NOS/c1-12-13(2)20-11-18(12)10-17(19)16-8-7-14-5-3-4-6-15(14)9-16/h3-9,11H,10H2,1-2H3/q+1. The lowest BCUT2D eigenvalue weighted by Gasteiger charge is -2.01. The fraction of sp³-hybridized carbons (Fsp3) is 0.176. The molecule has 0 N–H and O–H groups in total. The lowest BCUT2D eigenvalue weighted by molar-refractivity contribution is -0.684. The molecule has 0 unspecified atom stereocenters. The summed E-state index contributed by atoms with van der Waals surface area (Å²) in [7, 11) is 0. The van der Waals surface area contributed by atoms with Crippen LogP contribution in [0.15, 0.2) is 48.0 Å². The lowest BCUT2D eigenvalue weighted by Crippen LogP contribution is -2.38. The second-order valence-corrected chi connectivity index (χ2v) is 6.04. The van der Waals surface area contributed by atoms with Crippen molar-refractivity contribution in [1.29, 1.82) is 0 Å². The predicted molar refractivity (Wildman–Crippen MR) is 82.3 cm³/mol. The van der Waals surface area contributed by atoms with Gasteiger partial charge in [-0.05, 0) is 23.8 Å². The number of thiazole rings is 1. The number of rotatable bonds is 3. The Kier molecular flexibility index (Phi) is 3.36. The van der Waals surface area contributed by atoms with E-state index < -0.39 is 0 Å². The van der Waals surface area contributed by atoms with E-state index in [1.807, 2.05) is 46.5 Å². The molecule has 0 aliphatic heterocycles. The van der Waals surface area contributed by atoms with Crippen molar-refractivity contribution in [2.45, 2.75) is 20.4 Å². The molecule has 2 aromatic carbocycles. The molecule has 0 saturated heterocycles. The molecule has 1 heterocycles. The SMILES string of the molecule is Cc1sc[n+](CC(=O)c2ccc3ccccc3c2)c1C. The number of nitrogens with zero attached hydrogens (tertiary/aromatic N) is 1. The Labute approximate surface area is 122 Å². The quantitative estimate of drug-likeness (QED) is 0.530. The van der Waals surface area contributed by atoms with E-state index in [4.69, 9.17) is 0 Å². The third-order valence-corrected chi connectivity index (χ3v) is 4.69. The van der Waals surface area contributed by atoms with Crippen molar-refractivity contribution < 1.29 is 9.36 Å². The van der Waals surface area contributed by atoms with Crippen molar-refractivity contribution in [2.75, 3.05) is 0 Å². The molecular formula is C17H16NOS+. The van der Waals surface area contributed by atoms with Gasteiger partial charge >= 0.3 is 0 Å². The van der Waals surface area contributed by atoms with Crippen LogP contribution in [-0.4, -0.2) is 5.78 Å². The maximum Gasteiger partial charge on any atom is 0.227 e. The molecule has 0 atom stereocenters. The van der Waals surface area contributed by atoms with Crippen LogP contribution in [0.25, 0.3) is 10.8 Å². The summed E-state index contributed by atoms with van der Waals surface area (Å²) in [5, 5.41) is 2.28. The summed E-state index contributed by atoms with van der Waals surface area (Å²) in [6.07, 6.45) is 0. The Morgan fingerprint density at radius 3 is 2.55 bits per heavy atom. The average Bonchev–Trinajstić information content (AvgIpc) is 2.78. The molecule has 0 radical (unpaired) electrons. The molecule has 100 valence electrons. The third kappa shape index (κ3) is 2.37. The van der Waals surface area contributed by atoms with Crippen LogP contribution in [0, 0.1) is 13.8 Å². The van der Waals surface area contributed by atoms with Crippen molar-refractivity contribution in [2.24, 2.45) is 0 Å². The fourth-order valence-corrected chi connectivity index (χ4v) is 3.08. The number of aromatic nitrogens is 1. The van der Waals surface area contributed by atoms with Gasteiger partial charge in [0.2, 0.25) is 17.8 Å². The van der Waals surface area contributed by atoms with E-state index in [1.165, 1.54) is 16.0 Å². The smallest absolute Gasteiger partial charge is 0.227 e. The molecule has 0 spiro atoms. The van der Waals surface area contributed by atoms with E-state index in [0.29, 0.717) is 6.54 Å². The van der Waals surface area contributed by atoms with Crippen LogP contribution in [-0.2, 0) is 6.54 Å². The zero-order valence-corrected chi connectivity index (χ0v) is 12.4. The molecule has 0 aliphatic carbocycles. The first kappa shape index (κ1) is 13.0. The highest BCUT2D eigenvalue weighted by Crippen LogP contribution is 2.16. The maximum absolute atomic E-state index is 12.4. The van der Waals surface area contributed by atoms with Crippen LogP contribution in [0.5, 0.6) is 0 Å². The van der Waals surface area contributed by atoms with Gasteiger partial charge in [-0.3, -0.25) is 4.79 Å². The van der Waals surface area contributed by atoms with Crippen LogP contribution in [0.2, 0.25) is 0 Å². The normalized spacial score (nSPS) is 10.9. The first-order chi connectivity index (χ1) is 9.65. The second-order valence-electron chi connectivity index (χ2n) is 4.98. The third-order valence-electron chi connectivity index (χ3n) is 3.68. The minimum Gasteiger partial charge on any atom is -0.287 e. The van der Waals surface area contributed by atoms with Crippen LogP contribution in [0.1, 0.15) is 20.9 Å². The number of carbonyl (C=O) groups is 1. The largest absolute Gasteiger partial charge is 0.287 e. The van der Waals surface area contributed by atoms with Gasteiger partial charge < -0.3 is 0 Å². The maximum atomic E-state index is 12.4. The van der Waals surface area contributed by atoms with Crippen molar-refractivity contribution in [3.05, 3.63) is 64.1 Å². The van der Waals surface area contributed by atoms with Gasteiger partial charge in [-0.2, -0.15) is 4.57 Å². The van der Waals surface area contributed by atoms with Gasteiger partial charge in [0.15, 0.2) is 5.69 Å². The van der Waals surface area contributed by atoms with Gasteiger partial charge in [-0.1, -0.05) is 47.7 Å². The highest BCUT2D eigenvalue weighted by Gasteiger charge is 2.17. The van der Waals surface area contributed by atoms with Crippen LogP contribution in [0.4, 0.5) is 0 Å². The number of hydrogen-bond donors (Lipinski definition) is 0. The molecule has 2 nitrogen and oxygen atoms in total. The number of fused-ring (bicyclic) bond motifs is 1. The van der Waals surface area contributed by atoms with Crippen LogP contribution < -0.4 is 4.57 Å². The van der Waals surface area contributed by atoms with Gasteiger partial charge in [0.1, 0.15) is 0 Å². The van der Waals surface area contributed by atoms with E-state index in [-0.39, 0.29) is 5.78 Å². The summed E-state index contributed by atoms with van der Waals surface area (Å²) in [4.78, 5) is 13.7. The molecule has 20 heavy (non-hydrogen) atoms. The molecule has 3 aromatic rings. The van der Waals surface area contributed by atoms with E-state index in [0.717, 1.165) is 10.9 Å². The first-order valence-electron chi connectivity index (χ1n) is 6.61. The number of ketones is 1. The Morgan fingerprint density at radius 1 is 1.10 bits per heavy atom. The van der Waals surface area contributed by atoms with Crippen molar-refractivity contribution in [3.8, 4) is 0 Å². The monoisotopic (exact) mass is 282 g/mol. The predicted octanol–water partition coefficient (Wildman–Crippen LogP) is 3.69. The molecular weight excluding hydrogens is 266 g/mol. The zero-order valence-electron chi connectivity index (χ0n) is 11.6. The van der Waals surface area contributed by atoms with E-state index >= 15 is 0 Å². The molecule has 0 aliphatic rings. The summed E-state index contributed by atoms with van der Waals surface area (Å²) < 4.78 is 2.03. The fourth-order valence-electron chi connectivity index (χ4n) is 2.27. The molecule has 0 bridgehead atoms. The second kappa shape index (κ2) is 5.17. The lowest BCUT2D eigenvalue weighted by atomic mass is 10.0. The van der Waals surface area contributed by atoms with Crippen molar-refractivity contribution in [1.82, 2.24) is 0 Å². The minimum atomic E-state index is 0.154. The van der Waals surface area contributed by atoms with E-state index in [9.17, 15) is 4.79 Å². The Balaban J connectivity index is 1.90. The van der Waals surface area contributed by atoms with Crippen molar-refractivity contribution >= 4 is 27.9 Å². The van der Waals surface area contributed by atoms with Gasteiger partial charge in [0.05, 0.1) is 4.88 Å². The van der Waals surface area contributed by atoms with E-state index in [2.05, 4.69) is 19.9 Å². The Hall–Kier alpha value is -2.00. The topological polar surface area (TPSA) is 20.9 Å². The zero-order chi connectivity index (χ0) is 14.1. The molecule has 0 saturated carbocycles. The minimum absolute atomic E-state index is 0.154. The summed E-state index contributed by atoms with van der Waals surface area (Å²) in [5.74, 6) is 0.154. The molecule has 1 aromatic heterocycles. The Morgan fingerprint density at radius 2 is 1.85 bits per heavy atom. The highest BCUT2D eigenvalue weighted by atomic mass is 32.1. The molecule has 0 fully saturated rings. The molecule has 0 amide bonds. The summed E-state index contributed by atoms with van der Waals surface area (Å²) in [5.41, 5.74) is 3.97. The highest BCUT2D eigenvalue weighted by molar-refractivity contribution is 7.09. The van der Waals surface area contributed by atoms with Gasteiger partial charge in [0, 0.05) is 12.5 Å². The number of carbonyl (C=O) groups excluding carboxylic acids is 1. The summed E-state index contributed by atoms with van der Waals surface area (Å²) in [6.45, 7) is 4.55.